The van der Waals surface area contributed by atoms with E-state index in [1.807, 2.05) is 20.8 Å². The summed E-state index contributed by atoms with van der Waals surface area (Å²) in [6, 6.07) is 0. The fourth-order valence-electron chi connectivity index (χ4n) is 2.97. The van der Waals surface area contributed by atoms with Gasteiger partial charge in [0.05, 0.1) is 24.8 Å². The van der Waals surface area contributed by atoms with Crippen molar-refractivity contribution in [2.75, 3.05) is 25.5 Å². The second-order valence-corrected chi connectivity index (χ2v) is 7.27. The minimum absolute atomic E-state index is 0.136. The van der Waals surface area contributed by atoms with Gasteiger partial charge in [0.2, 0.25) is 0 Å². The van der Waals surface area contributed by atoms with E-state index < -0.39 is 5.60 Å². The van der Waals surface area contributed by atoms with Crippen LogP contribution in [0.1, 0.15) is 43.2 Å². The minimum atomic E-state index is -0.547. The van der Waals surface area contributed by atoms with E-state index in [0.717, 1.165) is 5.56 Å². The van der Waals surface area contributed by atoms with Crippen molar-refractivity contribution < 1.29 is 19.1 Å². The van der Waals surface area contributed by atoms with E-state index in [1.165, 1.54) is 4.68 Å². The smallest absolute Gasteiger partial charge is 0.410 e. The molecule has 0 aliphatic carbocycles. The molecular formula is C16H24N4O4. The van der Waals surface area contributed by atoms with Crippen molar-refractivity contribution in [2.24, 2.45) is 5.92 Å². The Balaban J connectivity index is 1.76. The Bertz CT molecular complexity index is 656. The molecule has 1 aromatic heterocycles. The summed E-state index contributed by atoms with van der Waals surface area (Å²) in [4.78, 5) is 26.3. The summed E-state index contributed by atoms with van der Waals surface area (Å²) in [7, 11) is 0. The number of nitrogen functional groups attached to an aromatic ring is 1. The molecule has 0 spiro atoms. The van der Waals surface area contributed by atoms with Gasteiger partial charge in [-0.05, 0) is 33.6 Å². The molecule has 2 N–H and O–H groups in total. The molecule has 1 aromatic rings. The quantitative estimate of drug-likeness (QED) is 0.833. The molecule has 2 aliphatic rings. The summed E-state index contributed by atoms with van der Waals surface area (Å²) >= 11 is 0. The Kier molecular flexibility index (Phi) is 4.25. The number of anilines is 1. The van der Waals surface area contributed by atoms with Crippen LogP contribution in [0, 0.1) is 5.92 Å². The Morgan fingerprint density at radius 1 is 1.38 bits per heavy atom. The normalized spacial score (nSPS) is 20.8. The number of fused-ring (bicyclic) bond motifs is 1. The molecule has 24 heavy (non-hydrogen) atoms. The zero-order valence-electron chi connectivity index (χ0n) is 14.4. The van der Waals surface area contributed by atoms with Gasteiger partial charge in [-0.1, -0.05) is 0 Å². The topological polar surface area (TPSA) is 99.7 Å². The lowest BCUT2D eigenvalue weighted by Crippen LogP contribution is -2.39. The maximum absolute atomic E-state index is 12.5. The lowest BCUT2D eigenvalue weighted by molar-refractivity contribution is 0.0221. The molecule has 1 saturated heterocycles. The van der Waals surface area contributed by atoms with Crippen molar-refractivity contribution >= 4 is 17.8 Å². The van der Waals surface area contributed by atoms with Gasteiger partial charge in [-0.25, -0.2) is 4.79 Å². The molecule has 0 bridgehead atoms. The van der Waals surface area contributed by atoms with Crippen LogP contribution in [0.25, 0.3) is 0 Å². The lowest BCUT2D eigenvalue weighted by Gasteiger charge is -2.29. The third kappa shape index (κ3) is 3.24. The van der Waals surface area contributed by atoms with Gasteiger partial charge in [-0.2, -0.15) is 9.78 Å². The van der Waals surface area contributed by atoms with Crippen LogP contribution in [-0.4, -0.2) is 52.0 Å². The highest BCUT2D eigenvalue weighted by molar-refractivity contribution is 5.84. The number of amides is 1. The largest absolute Gasteiger partial charge is 0.444 e. The lowest BCUT2D eigenvalue weighted by atomic mass is 10.1. The first-order chi connectivity index (χ1) is 11.3. The third-order valence-corrected chi connectivity index (χ3v) is 4.22. The van der Waals surface area contributed by atoms with Crippen LogP contribution in [-0.2, 0) is 22.4 Å². The zero-order chi connectivity index (χ0) is 17.5. The summed E-state index contributed by atoms with van der Waals surface area (Å²) in [6.45, 7) is 7.28. The van der Waals surface area contributed by atoms with Crippen molar-refractivity contribution in [3.8, 4) is 0 Å². The SMILES string of the molecule is CC(C)(C)OC(=O)N1CCc2c(nn(C(=O)C3CCOC3)c2N)C1. The zero-order valence-corrected chi connectivity index (χ0v) is 14.4. The van der Waals surface area contributed by atoms with Crippen LogP contribution >= 0.6 is 0 Å². The maximum atomic E-state index is 12.5. The van der Waals surface area contributed by atoms with Crippen LogP contribution in [0.3, 0.4) is 0 Å². The van der Waals surface area contributed by atoms with Crippen LogP contribution in [0.15, 0.2) is 0 Å². The van der Waals surface area contributed by atoms with Gasteiger partial charge in [-0.3, -0.25) is 4.79 Å². The van der Waals surface area contributed by atoms with Crippen molar-refractivity contribution in [2.45, 2.75) is 45.8 Å². The first-order valence-corrected chi connectivity index (χ1v) is 8.22. The van der Waals surface area contributed by atoms with Gasteiger partial charge in [-0.15, -0.1) is 0 Å². The Hall–Kier alpha value is -2.09. The van der Waals surface area contributed by atoms with Gasteiger partial charge in [0.1, 0.15) is 11.4 Å². The maximum Gasteiger partial charge on any atom is 0.410 e. The summed E-state index contributed by atoms with van der Waals surface area (Å²) in [5, 5.41) is 4.36. The highest BCUT2D eigenvalue weighted by atomic mass is 16.6. The average molecular weight is 336 g/mol. The number of aromatic nitrogens is 2. The molecule has 1 amide bonds. The summed E-state index contributed by atoms with van der Waals surface area (Å²) in [5.74, 6) is 0.0459. The van der Waals surface area contributed by atoms with Crippen LogP contribution in [0.2, 0.25) is 0 Å². The van der Waals surface area contributed by atoms with E-state index in [4.69, 9.17) is 15.2 Å². The molecule has 0 aromatic carbocycles. The number of ether oxygens (including phenoxy) is 2. The number of hydrogen-bond donors (Lipinski definition) is 1. The van der Waals surface area contributed by atoms with Crippen LogP contribution in [0.5, 0.6) is 0 Å². The van der Waals surface area contributed by atoms with Crippen molar-refractivity contribution in [3.05, 3.63) is 11.3 Å². The molecule has 2 aliphatic heterocycles. The van der Waals surface area contributed by atoms with Crippen molar-refractivity contribution in [3.63, 3.8) is 0 Å². The number of carbonyl (C=O) groups excluding carboxylic acids is 2. The Morgan fingerprint density at radius 2 is 2.12 bits per heavy atom. The molecule has 1 atom stereocenters. The second-order valence-electron chi connectivity index (χ2n) is 7.27. The monoisotopic (exact) mass is 336 g/mol. The predicted molar refractivity (Wildman–Crippen MR) is 86.5 cm³/mol. The number of rotatable bonds is 1. The molecule has 3 rings (SSSR count). The molecule has 132 valence electrons. The van der Waals surface area contributed by atoms with Crippen LogP contribution < -0.4 is 5.73 Å². The van der Waals surface area contributed by atoms with E-state index in [2.05, 4.69) is 5.10 Å². The second kappa shape index (κ2) is 6.08. The Labute approximate surface area is 140 Å². The standard InChI is InChI=1S/C16H24N4O4/c1-16(2,3)24-15(22)19-6-4-11-12(8-19)18-20(13(11)17)14(21)10-5-7-23-9-10/h10H,4-9,17H2,1-3H3. The van der Waals surface area contributed by atoms with E-state index in [9.17, 15) is 9.59 Å². The molecule has 8 heteroatoms. The number of carbonyl (C=O) groups is 2. The first-order valence-electron chi connectivity index (χ1n) is 8.22. The summed E-state index contributed by atoms with van der Waals surface area (Å²) in [5.41, 5.74) is 7.09. The Morgan fingerprint density at radius 3 is 2.75 bits per heavy atom. The molecule has 8 nitrogen and oxygen atoms in total. The number of nitrogens with zero attached hydrogens (tertiary/aromatic N) is 3. The summed E-state index contributed by atoms with van der Waals surface area (Å²) < 4.78 is 11.9. The van der Waals surface area contributed by atoms with Gasteiger partial charge in [0, 0.05) is 18.7 Å². The predicted octanol–water partition coefficient (Wildman–Crippen LogP) is 1.44. The van der Waals surface area contributed by atoms with E-state index in [0.29, 0.717) is 50.7 Å². The molecular weight excluding hydrogens is 312 g/mol. The number of nitrogens with two attached hydrogens (primary N) is 1. The fraction of sp³-hybridized carbons (Fsp3) is 0.688. The van der Waals surface area contributed by atoms with Gasteiger partial charge >= 0.3 is 6.09 Å². The number of hydrogen-bond acceptors (Lipinski definition) is 6. The molecule has 0 saturated carbocycles. The minimum Gasteiger partial charge on any atom is -0.444 e. The van der Waals surface area contributed by atoms with Crippen LogP contribution in [0.4, 0.5) is 10.6 Å². The van der Waals surface area contributed by atoms with Gasteiger partial charge in [0.25, 0.3) is 5.91 Å². The van der Waals surface area contributed by atoms with E-state index in [-0.39, 0.29) is 17.9 Å². The summed E-state index contributed by atoms with van der Waals surface area (Å²) in [6.07, 6.45) is 0.874. The molecule has 3 heterocycles. The van der Waals surface area contributed by atoms with E-state index in [1.54, 1.807) is 4.90 Å². The van der Waals surface area contributed by atoms with Crippen molar-refractivity contribution in [1.29, 1.82) is 0 Å². The first kappa shape index (κ1) is 16.8. The highest BCUT2D eigenvalue weighted by Gasteiger charge is 2.32. The average Bonchev–Trinajstić information content (AvgIpc) is 3.13. The molecule has 1 unspecified atom stereocenters. The molecule has 0 radical (unpaired) electrons. The fourth-order valence-corrected chi connectivity index (χ4v) is 2.97. The molecule has 1 fully saturated rings. The van der Waals surface area contributed by atoms with E-state index >= 15 is 0 Å². The van der Waals surface area contributed by atoms with Gasteiger partial charge < -0.3 is 20.1 Å². The third-order valence-electron chi connectivity index (χ3n) is 4.22. The van der Waals surface area contributed by atoms with Crippen molar-refractivity contribution in [1.82, 2.24) is 14.7 Å². The highest BCUT2D eigenvalue weighted by Crippen LogP contribution is 2.26. The van der Waals surface area contributed by atoms with Gasteiger partial charge in [0.15, 0.2) is 0 Å².